The number of anilines is 1. The van der Waals surface area contributed by atoms with Crippen LogP contribution in [0.4, 0.5) is 5.69 Å². The largest absolute Gasteiger partial charge is 0.326 e. The molecular formula is C23H29BrN2O3S. The summed E-state index contributed by atoms with van der Waals surface area (Å²) in [6.07, 6.45) is 1.03. The molecule has 1 heterocycles. The number of benzene rings is 2. The highest BCUT2D eigenvalue weighted by Crippen LogP contribution is 2.31. The molecule has 30 heavy (non-hydrogen) atoms. The summed E-state index contributed by atoms with van der Waals surface area (Å²) in [6.45, 7) is 10.3. The number of hydrogen-bond donors (Lipinski definition) is 1. The van der Waals surface area contributed by atoms with Gasteiger partial charge in [-0.25, -0.2) is 8.42 Å². The van der Waals surface area contributed by atoms with Gasteiger partial charge in [-0.05, 0) is 93.5 Å². The molecule has 1 saturated heterocycles. The van der Waals surface area contributed by atoms with Crippen LogP contribution in [-0.4, -0.2) is 31.7 Å². The normalized spacial score (nSPS) is 15.9. The van der Waals surface area contributed by atoms with Crippen LogP contribution in [0.15, 0.2) is 33.6 Å². The number of piperidine rings is 1. The van der Waals surface area contributed by atoms with Crippen LogP contribution in [-0.2, 0) is 14.8 Å². The third-order valence-corrected chi connectivity index (χ3v) is 9.21. The van der Waals surface area contributed by atoms with Crippen molar-refractivity contribution in [2.75, 3.05) is 18.4 Å². The number of hydrogen-bond acceptors (Lipinski definition) is 3. The molecule has 1 fully saturated rings. The second-order valence-electron chi connectivity index (χ2n) is 8.22. The average Bonchev–Trinajstić information content (AvgIpc) is 2.69. The zero-order valence-electron chi connectivity index (χ0n) is 18.2. The van der Waals surface area contributed by atoms with Crippen molar-refractivity contribution in [3.63, 3.8) is 0 Å². The Labute approximate surface area is 188 Å². The highest BCUT2D eigenvalue weighted by Gasteiger charge is 2.34. The lowest BCUT2D eigenvalue weighted by atomic mass is 9.97. The molecule has 0 aromatic heterocycles. The number of amides is 1. The molecule has 0 spiro atoms. The van der Waals surface area contributed by atoms with Crippen LogP contribution in [0.3, 0.4) is 0 Å². The molecule has 0 aliphatic carbocycles. The molecule has 0 atom stereocenters. The zero-order valence-corrected chi connectivity index (χ0v) is 20.6. The number of rotatable bonds is 4. The van der Waals surface area contributed by atoms with Crippen molar-refractivity contribution in [3.05, 3.63) is 56.6 Å². The van der Waals surface area contributed by atoms with E-state index in [9.17, 15) is 13.2 Å². The Morgan fingerprint density at radius 3 is 2.07 bits per heavy atom. The third-order valence-electron chi connectivity index (χ3n) is 6.15. The van der Waals surface area contributed by atoms with Crippen molar-refractivity contribution >= 4 is 37.5 Å². The Morgan fingerprint density at radius 2 is 1.53 bits per heavy atom. The molecule has 0 radical (unpaired) electrons. The van der Waals surface area contributed by atoms with E-state index in [0.717, 1.165) is 38.0 Å². The van der Waals surface area contributed by atoms with E-state index >= 15 is 0 Å². The van der Waals surface area contributed by atoms with Gasteiger partial charge in [0, 0.05) is 29.2 Å². The lowest BCUT2D eigenvalue weighted by Crippen LogP contribution is -2.41. The first-order chi connectivity index (χ1) is 14.0. The molecular weight excluding hydrogens is 464 g/mol. The molecule has 3 rings (SSSR count). The van der Waals surface area contributed by atoms with Crippen LogP contribution < -0.4 is 5.32 Å². The summed E-state index contributed by atoms with van der Waals surface area (Å²) >= 11 is 3.46. The Morgan fingerprint density at radius 1 is 0.967 bits per heavy atom. The van der Waals surface area contributed by atoms with Gasteiger partial charge in [0.1, 0.15) is 0 Å². The maximum absolute atomic E-state index is 13.4. The smallest absolute Gasteiger partial charge is 0.243 e. The van der Waals surface area contributed by atoms with Gasteiger partial charge in [0.05, 0.1) is 4.90 Å². The van der Waals surface area contributed by atoms with Crippen LogP contribution >= 0.6 is 15.9 Å². The molecule has 1 aliphatic rings. The van der Waals surface area contributed by atoms with E-state index in [0.29, 0.717) is 30.8 Å². The van der Waals surface area contributed by atoms with Gasteiger partial charge in [-0.1, -0.05) is 22.0 Å². The SMILES string of the molecule is Cc1cc(NC(=O)C2CCN(S(=O)(=O)c3c(C)c(C)cc(C)c3C)CC2)ccc1Br. The molecule has 0 bridgehead atoms. The van der Waals surface area contributed by atoms with E-state index in [1.807, 2.05) is 58.9 Å². The summed E-state index contributed by atoms with van der Waals surface area (Å²) in [4.78, 5) is 13.1. The van der Waals surface area contributed by atoms with Gasteiger partial charge in [-0.15, -0.1) is 0 Å². The van der Waals surface area contributed by atoms with Crippen molar-refractivity contribution in [2.24, 2.45) is 5.92 Å². The summed E-state index contributed by atoms with van der Waals surface area (Å²) in [5.41, 5.74) is 5.39. The highest BCUT2D eigenvalue weighted by atomic mass is 79.9. The van der Waals surface area contributed by atoms with Gasteiger partial charge in [-0.3, -0.25) is 4.79 Å². The minimum atomic E-state index is -3.59. The standard InChI is InChI=1S/C23H29BrN2O3S/c1-14-12-15(2)18(5)22(17(14)4)30(28,29)26-10-8-19(9-11-26)23(27)25-20-6-7-21(24)16(3)13-20/h6-7,12-13,19H,8-11H2,1-5H3,(H,25,27). The van der Waals surface area contributed by atoms with E-state index in [4.69, 9.17) is 0 Å². The monoisotopic (exact) mass is 492 g/mol. The van der Waals surface area contributed by atoms with E-state index in [1.54, 1.807) is 0 Å². The Bertz CT molecular complexity index is 1060. The van der Waals surface area contributed by atoms with Gasteiger partial charge < -0.3 is 5.32 Å². The highest BCUT2D eigenvalue weighted by molar-refractivity contribution is 9.10. The lowest BCUT2D eigenvalue weighted by molar-refractivity contribution is -0.120. The summed E-state index contributed by atoms with van der Waals surface area (Å²) in [5.74, 6) is -0.241. The minimum Gasteiger partial charge on any atom is -0.326 e. The first kappa shape index (κ1) is 23.0. The molecule has 1 N–H and O–H groups in total. The number of nitrogens with zero attached hydrogens (tertiary/aromatic N) is 1. The Kier molecular flexibility index (Phi) is 6.75. The van der Waals surface area contributed by atoms with Gasteiger partial charge in [0.2, 0.25) is 15.9 Å². The second kappa shape index (κ2) is 8.81. The number of sulfonamides is 1. The van der Waals surface area contributed by atoms with E-state index in [1.165, 1.54) is 4.31 Å². The van der Waals surface area contributed by atoms with Crippen LogP contribution in [0.1, 0.15) is 40.7 Å². The van der Waals surface area contributed by atoms with Gasteiger partial charge in [0.25, 0.3) is 0 Å². The van der Waals surface area contributed by atoms with E-state index < -0.39 is 10.0 Å². The van der Waals surface area contributed by atoms with Crippen LogP contribution in [0.5, 0.6) is 0 Å². The molecule has 1 aliphatic heterocycles. The summed E-state index contributed by atoms with van der Waals surface area (Å²) in [7, 11) is -3.59. The quantitative estimate of drug-likeness (QED) is 0.650. The van der Waals surface area contributed by atoms with Crippen molar-refractivity contribution < 1.29 is 13.2 Å². The predicted octanol–water partition coefficient (Wildman–Crippen LogP) is 5.03. The van der Waals surface area contributed by atoms with Gasteiger partial charge in [-0.2, -0.15) is 4.31 Å². The zero-order chi connectivity index (χ0) is 22.2. The second-order valence-corrected chi connectivity index (χ2v) is 11.0. The van der Waals surface area contributed by atoms with Gasteiger partial charge >= 0.3 is 0 Å². The van der Waals surface area contributed by atoms with Crippen molar-refractivity contribution in [1.29, 1.82) is 0 Å². The molecule has 5 nitrogen and oxygen atoms in total. The van der Waals surface area contributed by atoms with Gasteiger partial charge in [0.15, 0.2) is 0 Å². The molecule has 0 saturated carbocycles. The number of halogens is 1. The first-order valence-corrected chi connectivity index (χ1v) is 12.4. The first-order valence-electron chi connectivity index (χ1n) is 10.2. The van der Waals surface area contributed by atoms with E-state index in [-0.39, 0.29) is 11.8 Å². The maximum atomic E-state index is 13.4. The van der Waals surface area contributed by atoms with Crippen LogP contribution in [0.25, 0.3) is 0 Å². The fraction of sp³-hybridized carbons (Fsp3) is 0.435. The van der Waals surface area contributed by atoms with Crippen molar-refractivity contribution in [2.45, 2.75) is 52.4 Å². The van der Waals surface area contributed by atoms with Crippen molar-refractivity contribution in [3.8, 4) is 0 Å². The molecule has 0 unspecified atom stereocenters. The van der Waals surface area contributed by atoms with Crippen LogP contribution in [0, 0.1) is 40.5 Å². The molecule has 2 aromatic rings. The fourth-order valence-electron chi connectivity index (χ4n) is 4.02. The molecule has 1 amide bonds. The third kappa shape index (κ3) is 4.48. The maximum Gasteiger partial charge on any atom is 0.243 e. The average molecular weight is 493 g/mol. The number of aryl methyl sites for hydroxylation is 3. The lowest BCUT2D eigenvalue weighted by Gasteiger charge is -2.32. The number of carbonyl (C=O) groups is 1. The number of carbonyl (C=O) groups excluding carboxylic acids is 1. The molecule has 7 heteroatoms. The number of nitrogens with one attached hydrogen (secondary N) is 1. The van der Waals surface area contributed by atoms with E-state index in [2.05, 4.69) is 21.2 Å². The topological polar surface area (TPSA) is 66.5 Å². The Balaban J connectivity index is 1.72. The summed E-state index contributed by atoms with van der Waals surface area (Å²) < 4.78 is 29.3. The molecule has 162 valence electrons. The van der Waals surface area contributed by atoms with Crippen LogP contribution in [0.2, 0.25) is 0 Å². The molecule has 2 aromatic carbocycles. The Hall–Kier alpha value is -1.70. The predicted molar refractivity (Wildman–Crippen MR) is 124 cm³/mol. The summed E-state index contributed by atoms with van der Waals surface area (Å²) in [6, 6.07) is 7.73. The van der Waals surface area contributed by atoms with Crippen molar-refractivity contribution in [1.82, 2.24) is 4.31 Å². The fourth-order valence-corrected chi connectivity index (χ4v) is 6.31. The summed E-state index contributed by atoms with van der Waals surface area (Å²) in [5, 5.41) is 2.97. The minimum absolute atomic E-state index is 0.0486.